The Hall–Kier alpha value is -3.49. The van der Waals surface area contributed by atoms with Gasteiger partial charge in [-0.1, -0.05) is 11.2 Å². The van der Waals surface area contributed by atoms with E-state index in [4.69, 9.17) is 9.26 Å². The molecule has 1 aliphatic heterocycles. The molecule has 1 saturated heterocycles. The number of hydrogen-bond acceptors (Lipinski definition) is 7. The smallest absolute Gasteiger partial charge is 0.333 e. The Morgan fingerprint density at radius 2 is 2.10 bits per heavy atom. The molecule has 0 radical (unpaired) electrons. The van der Waals surface area contributed by atoms with E-state index in [-0.39, 0.29) is 23.2 Å². The fraction of sp³-hybridized carbons (Fsp3) is 0.333. The van der Waals surface area contributed by atoms with E-state index in [1.54, 1.807) is 37.3 Å². The summed E-state index contributed by atoms with van der Waals surface area (Å²) >= 11 is 0. The molecule has 1 unspecified atom stereocenters. The van der Waals surface area contributed by atoms with E-state index in [0.717, 1.165) is 12.8 Å². The fourth-order valence-electron chi connectivity index (χ4n) is 3.74. The number of nitro groups is 1. The fourth-order valence-corrected chi connectivity index (χ4v) is 3.74. The number of benzene rings is 2. The van der Waals surface area contributed by atoms with Crippen LogP contribution in [0, 0.1) is 15.9 Å². The third-order valence-corrected chi connectivity index (χ3v) is 5.12. The summed E-state index contributed by atoms with van der Waals surface area (Å²) in [5, 5.41) is 15.7. The van der Waals surface area contributed by atoms with Crippen LogP contribution in [0.3, 0.4) is 0 Å². The van der Waals surface area contributed by atoms with Gasteiger partial charge in [-0.25, -0.2) is 4.39 Å². The molecule has 0 aliphatic carbocycles. The van der Waals surface area contributed by atoms with Crippen molar-refractivity contribution in [3.63, 3.8) is 0 Å². The largest absolute Gasteiger partial charge is 0.487 e. The molecule has 0 spiro atoms. The van der Waals surface area contributed by atoms with Gasteiger partial charge in [0.2, 0.25) is 11.7 Å². The minimum Gasteiger partial charge on any atom is -0.487 e. The summed E-state index contributed by atoms with van der Waals surface area (Å²) in [7, 11) is 0. The summed E-state index contributed by atoms with van der Waals surface area (Å²) < 4.78 is 24.1. The monoisotopic (exact) mass is 412 g/mol. The Kier molecular flexibility index (Phi) is 5.60. The summed E-state index contributed by atoms with van der Waals surface area (Å²) in [6.45, 7) is 3.34. The Labute approximate surface area is 172 Å². The summed E-state index contributed by atoms with van der Waals surface area (Å²) in [5.41, 5.74) is 1.16. The molecule has 2 heterocycles. The molecule has 8 nitrogen and oxygen atoms in total. The van der Waals surface area contributed by atoms with Crippen LogP contribution in [0.2, 0.25) is 0 Å². The van der Waals surface area contributed by atoms with Crippen molar-refractivity contribution in [2.75, 3.05) is 24.6 Å². The topological polar surface area (TPSA) is 94.5 Å². The van der Waals surface area contributed by atoms with Crippen LogP contribution in [0.4, 0.5) is 15.8 Å². The minimum absolute atomic E-state index is 0.0301. The molecular formula is C21H21FN4O4. The summed E-state index contributed by atoms with van der Waals surface area (Å²) in [6, 6.07) is 11.0. The van der Waals surface area contributed by atoms with Crippen LogP contribution >= 0.6 is 0 Å². The number of para-hydroxylation sites is 1. The number of aromatic nitrogens is 2. The van der Waals surface area contributed by atoms with Crippen molar-refractivity contribution in [3.8, 4) is 17.1 Å². The maximum atomic E-state index is 13.1. The third kappa shape index (κ3) is 3.96. The standard InChI is InChI=1S/C21H21FN4O4/c1-2-29-18-7-3-6-17(19(18)26(27)28)25-12-4-5-15(13-25)21-23-20(24-30-21)14-8-10-16(22)11-9-14/h3,6-11,15H,2,4-5,12-13H2,1H3. The molecule has 1 atom stereocenters. The first-order chi connectivity index (χ1) is 14.6. The molecule has 2 aromatic carbocycles. The molecule has 0 saturated carbocycles. The van der Waals surface area contributed by atoms with Crippen molar-refractivity contribution in [3.05, 3.63) is 64.3 Å². The highest BCUT2D eigenvalue weighted by atomic mass is 19.1. The molecule has 3 aromatic rings. The first kappa shape index (κ1) is 19.8. The molecule has 4 rings (SSSR count). The molecule has 0 N–H and O–H groups in total. The molecule has 30 heavy (non-hydrogen) atoms. The lowest BCUT2D eigenvalue weighted by Gasteiger charge is -2.32. The first-order valence-corrected chi connectivity index (χ1v) is 9.81. The third-order valence-electron chi connectivity index (χ3n) is 5.12. The van der Waals surface area contributed by atoms with Gasteiger partial charge in [0.15, 0.2) is 5.75 Å². The van der Waals surface area contributed by atoms with Gasteiger partial charge in [-0.3, -0.25) is 10.1 Å². The Morgan fingerprint density at radius 1 is 1.30 bits per heavy atom. The molecular weight excluding hydrogens is 391 g/mol. The van der Waals surface area contributed by atoms with E-state index in [0.29, 0.717) is 42.7 Å². The first-order valence-electron chi connectivity index (χ1n) is 9.81. The van der Waals surface area contributed by atoms with Gasteiger partial charge in [0.25, 0.3) is 0 Å². The number of nitro benzene ring substituents is 1. The maximum Gasteiger partial charge on any atom is 0.333 e. The molecule has 1 aromatic heterocycles. The average molecular weight is 412 g/mol. The van der Waals surface area contributed by atoms with Gasteiger partial charge in [0.05, 0.1) is 17.4 Å². The van der Waals surface area contributed by atoms with Crippen LogP contribution < -0.4 is 9.64 Å². The zero-order chi connectivity index (χ0) is 21.1. The summed E-state index contributed by atoms with van der Waals surface area (Å²) in [5.74, 6) is 0.740. The van der Waals surface area contributed by atoms with E-state index in [2.05, 4.69) is 10.1 Å². The van der Waals surface area contributed by atoms with Crippen LogP contribution in [0.1, 0.15) is 31.6 Å². The highest BCUT2D eigenvalue weighted by molar-refractivity contribution is 5.70. The number of piperidine rings is 1. The summed E-state index contributed by atoms with van der Waals surface area (Å²) in [4.78, 5) is 17.8. The van der Waals surface area contributed by atoms with Gasteiger partial charge >= 0.3 is 5.69 Å². The van der Waals surface area contributed by atoms with Crippen molar-refractivity contribution >= 4 is 11.4 Å². The van der Waals surface area contributed by atoms with Crippen molar-refractivity contribution in [2.45, 2.75) is 25.7 Å². The second-order valence-electron chi connectivity index (χ2n) is 7.06. The number of ether oxygens (including phenoxy) is 1. The zero-order valence-electron chi connectivity index (χ0n) is 16.5. The SMILES string of the molecule is CCOc1cccc(N2CCCC(c3nc(-c4ccc(F)cc4)no3)C2)c1[N+](=O)[O-]. The predicted molar refractivity (Wildman–Crippen MR) is 108 cm³/mol. The molecule has 156 valence electrons. The Balaban J connectivity index is 1.58. The number of hydrogen-bond donors (Lipinski definition) is 0. The van der Waals surface area contributed by atoms with Crippen molar-refractivity contribution in [1.29, 1.82) is 0 Å². The molecule has 1 aliphatic rings. The van der Waals surface area contributed by atoms with E-state index < -0.39 is 4.92 Å². The van der Waals surface area contributed by atoms with Crippen LogP contribution in [0.5, 0.6) is 5.75 Å². The highest BCUT2D eigenvalue weighted by Gasteiger charge is 2.31. The van der Waals surface area contributed by atoms with Crippen LogP contribution in [0.25, 0.3) is 11.4 Å². The predicted octanol–water partition coefficient (Wildman–Crippen LogP) is 4.57. The number of nitrogens with zero attached hydrogens (tertiary/aromatic N) is 4. The van der Waals surface area contributed by atoms with Gasteiger partial charge in [-0.15, -0.1) is 0 Å². The number of halogens is 1. The number of anilines is 1. The Bertz CT molecular complexity index is 1040. The molecule has 1 fully saturated rings. The average Bonchev–Trinajstić information content (AvgIpc) is 3.24. The summed E-state index contributed by atoms with van der Waals surface area (Å²) in [6.07, 6.45) is 1.66. The number of rotatable bonds is 6. The lowest BCUT2D eigenvalue weighted by molar-refractivity contribution is -0.385. The van der Waals surface area contributed by atoms with E-state index in [9.17, 15) is 14.5 Å². The van der Waals surface area contributed by atoms with Crippen molar-refractivity contribution in [1.82, 2.24) is 10.1 Å². The lowest BCUT2D eigenvalue weighted by atomic mass is 9.97. The maximum absolute atomic E-state index is 13.1. The van der Waals surface area contributed by atoms with E-state index in [1.807, 2.05) is 4.90 Å². The van der Waals surface area contributed by atoms with Crippen LogP contribution in [-0.4, -0.2) is 34.8 Å². The second-order valence-corrected chi connectivity index (χ2v) is 7.06. The van der Waals surface area contributed by atoms with Crippen LogP contribution in [0.15, 0.2) is 47.0 Å². The van der Waals surface area contributed by atoms with E-state index >= 15 is 0 Å². The zero-order valence-corrected chi connectivity index (χ0v) is 16.5. The van der Waals surface area contributed by atoms with Crippen molar-refractivity contribution in [2.24, 2.45) is 0 Å². The van der Waals surface area contributed by atoms with Gasteiger partial charge in [0.1, 0.15) is 11.5 Å². The Morgan fingerprint density at radius 3 is 2.83 bits per heavy atom. The quantitative estimate of drug-likeness (QED) is 0.432. The van der Waals surface area contributed by atoms with Gasteiger partial charge in [-0.05, 0) is 56.2 Å². The van der Waals surface area contributed by atoms with Crippen molar-refractivity contribution < 1.29 is 18.6 Å². The minimum atomic E-state index is -0.400. The molecule has 0 amide bonds. The van der Waals surface area contributed by atoms with E-state index in [1.165, 1.54) is 12.1 Å². The van der Waals surface area contributed by atoms with Gasteiger partial charge < -0.3 is 14.2 Å². The molecule has 9 heteroatoms. The normalized spacial score (nSPS) is 16.5. The van der Waals surface area contributed by atoms with Crippen LogP contribution in [-0.2, 0) is 0 Å². The van der Waals surface area contributed by atoms with Gasteiger partial charge in [-0.2, -0.15) is 4.98 Å². The second kappa shape index (κ2) is 8.48. The molecule has 0 bridgehead atoms. The lowest BCUT2D eigenvalue weighted by Crippen LogP contribution is -2.35. The highest BCUT2D eigenvalue weighted by Crippen LogP contribution is 2.40. The van der Waals surface area contributed by atoms with Gasteiger partial charge in [0, 0.05) is 18.7 Å².